The number of rotatable bonds is 3. The van der Waals surface area contributed by atoms with Crippen molar-refractivity contribution >= 4 is 6.09 Å². The molecule has 3 rings (SSSR count). The number of benzene rings is 1. The lowest BCUT2D eigenvalue weighted by molar-refractivity contribution is 0.0662. The molecule has 1 aromatic rings. The van der Waals surface area contributed by atoms with Crippen LogP contribution < -0.4 is 0 Å². The van der Waals surface area contributed by atoms with Crippen molar-refractivity contribution in [3.8, 4) is 0 Å². The summed E-state index contributed by atoms with van der Waals surface area (Å²) in [4.78, 5) is 13.9. The Morgan fingerprint density at radius 1 is 1.42 bits per heavy atom. The second kappa shape index (κ2) is 4.85. The molecule has 1 N–H and O–H groups in total. The van der Waals surface area contributed by atoms with Crippen LogP contribution >= 0.6 is 0 Å². The van der Waals surface area contributed by atoms with E-state index in [1.807, 2.05) is 30.3 Å². The fraction of sp³-hybridized carbons (Fsp3) is 0.533. The van der Waals surface area contributed by atoms with Crippen molar-refractivity contribution in [2.45, 2.75) is 31.9 Å². The number of amides is 1. The summed E-state index contributed by atoms with van der Waals surface area (Å²) in [6, 6.07) is 9.95. The third-order valence-corrected chi connectivity index (χ3v) is 4.40. The summed E-state index contributed by atoms with van der Waals surface area (Å²) in [5.41, 5.74) is 0.938. The summed E-state index contributed by atoms with van der Waals surface area (Å²) in [5, 5.41) is 9.47. The molecule has 1 amide bonds. The molecule has 1 saturated carbocycles. The van der Waals surface area contributed by atoms with Crippen LogP contribution in [0.15, 0.2) is 30.3 Å². The van der Waals surface area contributed by atoms with E-state index in [9.17, 15) is 9.90 Å². The van der Waals surface area contributed by atoms with Gasteiger partial charge in [0.1, 0.15) is 6.61 Å². The van der Waals surface area contributed by atoms with Gasteiger partial charge in [-0.1, -0.05) is 30.3 Å². The summed E-state index contributed by atoms with van der Waals surface area (Å²) in [6.45, 7) is 1.13. The van der Waals surface area contributed by atoms with Crippen LogP contribution in [0, 0.1) is 5.41 Å². The van der Waals surface area contributed by atoms with E-state index < -0.39 is 0 Å². The largest absolute Gasteiger partial charge is 0.445 e. The van der Waals surface area contributed by atoms with Gasteiger partial charge in [0.2, 0.25) is 0 Å². The average molecular weight is 261 g/mol. The van der Waals surface area contributed by atoms with Gasteiger partial charge in [-0.15, -0.1) is 0 Å². The number of aliphatic hydroxyl groups is 1. The molecular weight excluding hydrogens is 242 g/mol. The summed E-state index contributed by atoms with van der Waals surface area (Å²) in [6.07, 6.45) is 2.69. The molecule has 2 atom stereocenters. The number of likely N-dealkylation sites (tertiary alicyclic amines) is 1. The number of ether oxygens (including phenoxy) is 1. The minimum absolute atomic E-state index is 0.0591. The quantitative estimate of drug-likeness (QED) is 0.907. The number of nitrogens with zero attached hydrogens (tertiary/aromatic N) is 1. The summed E-state index contributed by atoms with van der Waals surface area (Å²) >= 11 is 0. The first kappa shape index (κ1) is 12.5. The maximum absolute atomic E-state index is 12.1. The van der Waals surface area contributed by atoms with Gasteiger partial charge < -0.3 is 14.7 Å². The first-order valence-electron chi connectivity index (χ1n) is 6.81. The molecule has 4 nitrogen and oxygen atoms in total. The summed E-state index contributed by atoms with van der Waals surface area (Å²) in [7, 11) is 0. The first-order chi connectivity index (χ1) is 9.22. The lowest BCUT2D eigenvalue weighted by Gasteiger charge is -2.30. The Labute approximate surface area is 113 Å². The Bertz CT molecular complexity index is 462. The fourth-order valence-corrected chi connectivity index (χ4v) is 3.29. The van der Waals surface area contributed by atoms with Gasteiger partial charge in [0, 0.05) is 18.0 Å². The van der Waals surface area contributed by atoms with E-state index in [0.717, 1.165) is 24.8 Å². The molecule has 1 saturated heterocycles. The molecule has 1 aromatic carbocycles. The summed E-state index contributed by atoms with van der Waals surface area (Å²) in [5.74, 6) is 0. The minimum atomic E-state index is -0.246. The topological polar surface area (TPSA) is 49.8 Å². The monoisotopic (exact) mass is 261 g/mol. The van der Waals surface area contributed by atoms with E-state index in [4.69, 9.17) is 4.74 Å². The van der Waals surface area contributed by atoms with Gasteiger partial charge in [0.25, 0.3) is 0 Å². The van der Waals surface area contributed by atoms with Gasteiger partial charge in [-0.05, 0) is 24.8 Å². The lowest BCUT2D eigenvalue weighted by atomic mass is 9.89. The van der Waals surface area contributed by atoms with Gasteiger partial charge in [-0.25, -0.2) is 4.79 Å². The molecule has 1 aliphatic heterocycles. The number of aliphatic hydroxyl groups excluding tert-OH is 1. The average Bonchev–Trinajstić information content (AvgIpc) is 3.05. The van der Waals surface area contributed by atoms with Crippen LogP contribution in [0.4, 0.5) is 4.79 Å². The van der Waals surface area contributed by atoms with E-state index >= 15 is 0 Å². The van der Waals surface area contributed by atoms with Gasteiger partial charge in [0.05, 0.1) is 6.61 Å². The molecule has 2 fully saturated rings. The van der Waals surface area contributed by atoms with Crippen molar-refractivity contribution in [2.75, 3.05) is 13.2 Å². The van der Waals surface area contributed by atoms with Gasteiger partial charge in [-0.2, -0.15) is 0 Å². The normalized spacial score (nSPS) is 28.7. The van der Waals surface area contributed by atoms with Gasteiger partial charge in [-0.3, -0.25) is 0 Å². The van der Waals surface area contributed by atoms with Crippen LogP contribution in [-0.2, 0) is 11.3 Å². The highest BCUT2D eigenvalue weighted by atomic mass is 16.6. The molecule has 1 heterocycles. The van der Waals surface area contributed by atoms with E-state index in [0.29, 0.717) is 13.2 Å². The fourth-order valence-electron chi connectivity index (χ4n) is 3.29. The Hall–Kier alpha value is -1.55. The number of hydrogen-bond acceptors (Lipinski definition) is 3. The standard InChI is InChI=1S/C15H19NO3/c17-11-15-7-6-13(8-15)16(10-15)14(18)19-9-12-4-2-1-3-5-12/h1-5,13,17H,6-11H2. The highest BCUT2D eigenvalue weighted by molar-refractivity contribution is 5.69. The minimum Gasteiger partial charge on any atom is -0.445 e. The zero-order valence-corrected chi connectivity index (χ0v) is 10.9. The van der Waals surface area contributed by atoms with Crippen molar-refractivity contribution in [1.29, 1.82) is 0 Å². The van der Waals surface area contributed by atoms with Crippen molar-refractivity contribution < 1.29 is 14.6 Å². The molecule has 2 unspecified atom stereocenters. The zero-order valence-electron chi connectivity index (χ0n) is 10.9. The highest BCUT2D eigenvalue weighted by Gasteiger charge is 2.51. The predicted octanol–water partition coefficient (Wildman–Crippen LogP) is 2.17. The molecule has 102 valence electrons. The second-order valence-electron chi connectivity index (χ2n) is 5.72. The van der Waals surface area contributed by atoms with E-state index in [1.54, 1.807) is 4.90 Å². The third-order valence-electron chi connectivity index (χ3n) is 4.40. The van der Waals surface area contributed by atoms with Crippen LogP contribution in [-0.4, -0.2) is 35.3 Å². The maximum atomic E-state index is 12.1. The van der Waals surface area contributed by atoms with E-state index in [-0.39, 0.29) is 24.2 Å². The molecular formula is C15H19NO3. The Morgan fingerprint density at radius 3 is 2.89 bits per heavy atom. The SMILES string of the molecule is O=C(OCc1ccccc1)N1CC2(CO)CCC1C2. The Kier molecular flexibility index (Phi) is 3.19. The van der Waals surface area contributed by atoms with Crippen molar-refractivity contribution in [3.05, 3.63) is 35.9 Å². The molecule has 2 bridgehead atoms. The van der Waals surface area contributed by atoms with E-state index in [2.05, 4.69) is 0 Å². The first-order valence-corrected chi connectivity index (χ1v) is 6.81. The number of carbonyl (C=O) groups excluding carboxylic acids is 1. The molecule has 19 heavy (non-hydrogen) atoms. The molecule has 0 radical (unpaired) electrons. The maximum Gasteiger partial charge on any atom is 0.410 e. The number of piperidine rings is 1. The van der Waals surface area contributed by atoms with Crippen LogP contribution in [0.5, 0.6) is 0 Å². The van der Waals surface area contributed by atoms with Crippen LogP contribution in [0.1, 0.15) is 24.8 Å². The van der Waals surface area contributed by atoms with Crippen LogP contribution in [0.2, 0.25) is 0 Å². The molecule has 1 aliphatic carbocycles. The highest BCUT2D eigenvalue weighted by Crippen LogP contribution is 2.47. The zero-order chi connectivity index (χ0) is 13.3. The Balaban J connectivity index is 1.57. The molecule has 0 aromatic heterocycles. The molecule has 4 heteroatoms. The van der Waals surface area contributed by atoms with Crippen LogP contribution in [0.3, 0.4) is 0 Å². The Morgan fingerprint density at radius 2 is 2.21 bits per heavy atom. The van der Waals surface area contributed by atoms with Gasteiger partial charge in [0.15, 0.2) is 0 Å². The smallest absolute Gasteiger partial charge is 0.410 e. The van der Waals surface area contributed by atoms with Crippen molar-refractivity contribution in [1.82, 2.24) is 4.90 Å². The number of hydrogen-bond donors (Lipinski definition) is 1. The number of fused-ring (bicyclic) bond motifs is 2. The lowest BCUT2D eigenvalue weighted by Crippen LogP contribution is -2.41. The third kappa shape index (κ3) is 2.32. The van der Waals surface area contributed by atoms with Crippen molar-refractivity contribution in [2.24, 2.45) is 5.41 Å². The second-order valence-corrected chi connectivity index (χ2v) is 5.72. The summed E-state index contributed by atoms with van der Waals surface area (Å²) < 4.78 is 5.36. The van der Waals surface area contributed by atoms with Crippen LogP contribution in [0.25, 0.3) is 0 Å². The molecule has 0 spiro atoms. The predicted molar refractivity (Wildman–Crippen MR) is 70.5 cm³/mol. The van der Waals surface area contributed by atoms with Crippen molar-refractivity contribution in [3.63, 3.8) is 0 Å². The number of carbonyl (C=O) groups is 1. The molecule has 2 aliphatic rings. The van der Waals surface area contributed by atoms with E-state index in [1.165, 1.54) is 0 Å². The van der Waals surface area contributed by atoms with Gasteiger partial charge >= 0.3 is 6.09 Å².